The summed E-state index contributed by atoms with van der Waals surface area (Å²) in [5.74, 6) is 0. The van der Waals surface area contributed by atoms with E-state index in [4.69, 9.17) is 9.84 Å². The van der Waals surface area contributed by atoms with Crippen LogP contribution in [0.25, 0.3) is 0 Å². The topological polar surface area (TPSA) is 29.5 Å². The van der Waals surface area contributed by atoms with Crippen molar-refractivity contribution in [2.75, 3.05) is 13.2 Å². The molecule has 52 valence electrons. The third kappa shape index (κ3) is 2.16. The summed E-state index contributed by atoms with van der Waals surface area (Å²) in [5.41, 5.74) is 0. The minimum absolute atomic E-state index is 0.0486. The van der Waals surface area contributed by atoms with Gasteiger partial charge in [-0.15, -0.1) is 0 Å². The molecule has 1 aliphatic heterocycles. The fourth-order valence-electron chi connectivity index (χ4n) is 0.853. The van der Waals surface area contributed by atoms with Crippen LogP contribution in [0.5, 0.6) is 0 Å². The molecule has 1 N–H and O–H groups in total. The molecule has 1 heterocycles. The van der Waals surface area contributed by atoms with E-state index >= 15 is 0 Å². The average molecular weight is 128 g/mol. The molecule has 1 aliphatic rings. The van der Waals surface area contributed by atoms with E-state index in [9.17, 15) is 0 Å². The largest absolute Gasteiger partial charge is 0.393 e. The fourth-order valence-corrected chi connectivity index (χ4v) is 0.853. The van der Waals surface area contributed by atoms with Crippen molar-refractivity contribution in [3.8, 4) is 0 Å². The smallest absolute Gasteiger partial charge is 0.0986 e. The zero-order valence-corrected chi connectivity index (χ0v) is 5.42. The quantitative estimate of drug-likeness (QED) is 0.527. The maximum Gasteiger partial charge on any atom is 0.0986 e. The van der Waals surface area contributed by atoms with Crippen LogP contribution in [0.2, 0.25) is 0 Å². The molecular formula is C7H12O2. The minimum Gasteiger partial charge on any atom is -0.393 e. The summed E-state index contributed by atoms with van der Waals surface area (Å²) in [4.78, 5) is 0. The van der Waals surface area contributed by atoms with Gasteiger partial charge in [-0.05, 0) is 12.8 Å². The highest BCUT2D eigenvalue weighted by Crippen LogP contribution is 2.03. The molecule has 0 fully saturated rings. The number of hydrogen-bond acceptors (Lipinski definition) is 2. The van der Waals surface area contributed by atoms with Crippen molar-refractivity contribution in [2.45, 2.75) is 18.9 Å². The Bertz CT molecular complexity index is 99.1. The Morgan fingerprint density at radius 1 is 1.67 bits per heavy atom. The van der Waals surface area contributed by atoms with E-state index in [2.05, 4.69) is 6.08 Å². The average Bonchev–Trinajstić information content (AvgIpc) is 2.13. The van der Waals surface area contributed by atoms with Gasteiger partial charge in [-0.2, -0.15) is 0 Å². The van der Waals surface area contributed by atoms with Gasteiger partial charge >= 0.3 is 0 Å². The fraction of sp³-hybridized carbons (Fsp3) is 0.714. The molecule has 0 radical (unpaired) electrons. The van der Waals surface area contributed by atoms with Crippen molar-refractivity contribution < 1.29 is 9.84 Å². The molecule has 0 bridgehead atoms. The summed E-state index contributed by atoms with van der Waals surface area (Å²) >= 11 is 0. The summed E-state index contributed by atoms with van der Waals surface area (Å²) in [7, 11) is 0. The van der Waals surface area contributed by atoms with Crippen molar-refractivity contribution in [3.05, 3.63) is 12.2 Å². The maximum absolute atomic E-state index is 8.64. The number of hydrogen-bond donors (Lipinski definition) is 1. The molecule has 1 atom stereocenters. The summed E-state index contributed by atoms with van der Waals surface area (Å²) in [5, 5.41) is 8.64. The Morgan fingerprint density at radius 3 is 3.33 bits per heavy atom. The van der Waals surface area contributed by atoms with E-state index in [-0.39, 0.29) is 12.7 Å². The Labute approximate surface area is 55.1 Å². The molecule has 0 aromatic heterocycles. The van der Waals surface area contributed by atoms with Gasteiger partial charge in [-0.25, -0.2) is 0 Å². The first-order valence-electron chi connectivity index (χ1n) is 3.32. The van der Waals surface area contributed by atoms with E-state index in [1.807, 2.05) is 6.08 Å². The van der Waals surface area contributed by atoms with E-state index in [0.29, 0.717) is 0 Å². The molecule has 0 amide bonds. The van der Waals surface area contributed by atoms with Crippen molar-refractivity contribution >= 4 is 0 Å². The molecule has 0 saturated heterocycles. The predicted molar refractivity (Wildman–Crippen MR) is 35.2 cm³/mol. The molecule has 2 heteroatoms. The van der Waals surface area contributed by atoms with Crippen LogP contribution in [0.15, 0.2) is 12.2 Å². The molecule has 1 unspecified atom stereocenters. The van der Waals surface area contributed by atoms with Gasteiger partial charge in [0.05, 0.1) is 12.7 Å². The number of aliphatic hydroxyl groups excluding tert-OH is 1. The number of allylic oxidation sites excluding steroid dienone is 1. The summed E-state index contributed by atoms with van der Waals surface area (Å²) in [6, 6.07) is 0. The Morgan fingerprint density at radius 2 is 2.56 bits per heavy atom. The van der Waals surface area contributed by atoms with Crippen LogP contribution in [0.3, 0.4) is 0 Å². The molecular weight excluding hydrogens is 116 g/mol. The summed E-state index contributed by atoms with van der Waals surface area (Å²) in [6.45, 7) is 0.884. The number of rotatable bonds is 1. The van der Waals surface area contributed by atoms with Gasteiger partial charge in [0, 0.05) is 6.61 Å². The normalized spacial score (nSPS) is 27.9. The highest BCUT2D eigenvalue weighted by Gasteiger charge is 2.03. The first kappa shape index (κ1) is 6.78. The second-order valence-electron chi connectivity index (χ2n) is 2.16. The summed E-state index contributed by atoms with van der Waals surface area (Å²) < 4.78 is 5.22. The first-order valence-corrected chi connectivity index (χ1v) is 3.32. The first-order chi connectivity index (χ1) is 4.43. The molecule has 2 nitrogen and oxygen atoms in total. The van der Waals surface area contributed by atoms with E-state index in [0.717, 1.165) is 19.4 Å². The SMILES string of the molecule is OCC1C=CCCCO1. The van der Waals surface area contributed by atoms with Crippen molar-refractivity contribution in [2.24, 2.45) is 0 Å². The zero-order chi connectivity index (χ0) is 6.53. The maximum atomic E-state index is 8.64. The van der Waals surface area contributed by atoms with Crippen LogP contribution in [-0.2, 0) is 4.74 Å². The third-order valence-electron chi connectivity index (χ3n) is 1.38. The van der Waals surface area contributed by atoms with Crippen LogP contribution < -0.4 is 0 Å². The van der Waals surface area contributed by atoms with Gasteiger partial charge in [-0.3, -0.25) is 0 Å². The number of ether oxygens (including phenoxy) is 1. The highest BCUT2D eigenvalue weighted by atomic mass is 16.5. The highest BCUT2D eigenvalue weighted by molar-refractivity contribution is 4.91. The van der Waals surface area contributed by atoms with Crippen LogP contribution in [0.4, 0.5) is 0 Å². The Kier molecular flexibility index (Phi) is 2.74. The Balaban J connectivity index is 2.33. The van der Waals surface area contributed by atoms with E-state index in [1.54, 1.807) is 0 Å². The molecule has 0 aromatic rings. The van der Waals surface area contributed by atoms with Crippen molar-refractivity contribution in [3.63, 3.8) is 0 Å². The van der Waals surface area contributed by atoms with Crippen molar-refractivity contribution in [1.29, 1.82) is 0 Å². The second-order valence-corrected chi connectivity index (χ2v) is 2.16. The zero-order valence-electron chi connectivity index (χ0n) is 5.42. The van der Waals surface area contributed by atoms with Crippen LogP contribution >= 0.6 is 0 Å². The second kappa shape index (κ2) is 3.64. The van der Waals surface area contributed by atoms with E-state index < -0.39 is 0 Å². The Hall–Kier alpha value is -0.340. The van der Waals surface area contributed by atoms with Gasteiger partial charge in [0.1, 0.15) is 0 Å². The van der Waals surface area contributed by atoms with Crippen LogP contribution in [-0.4, -0.2) is 24.4 Å². The van der Waals surface area contributed by atoms with Crippen LogP contribution in [0, 0.1) is 0 Å². The van der Waals surface area contributed by atoms with Gasteiger partial charge in [0.25, 0.3) is 0 Å². The predicted octanol–water partition coefficient (Wildman–Crippen LogP) is 0.714. The lowest BCUT2D eigenvalue weighted by Crippen LogP contribution is -2.13. The van der Waals surface area contributed by atoms with Crippen molar-refractivity contribution in [1.82, 2.24) is 0 Å². The number of aliphatic hydroxyl groups is 1. The lowest BCUT2D eigenvalue weighted by Gasteiger charge is -2.06. The minimum atomic E-state index is -0.0486. The van der Waals surface area contributed by atoms with E-state index in [1.165, 1.54) is 0 Å². The molecule has 9 heavy (non-hydrogen) atoms. The van der Waals surface area contributed by atoms with Crippen LogP contribution in [0.1, 0.15) is 12.8 Å². The molecule has 0 aromatic carbocycles. The lowest BCUT2D eigenvalue weighted by molar-refractivity contribution is 0.0454. The standard InChI is InChI=1S/C7H12O2/c8-6-7-4-2-1-3-5-9-7/h2,4,7-8H,1,3,5-6H2. The van der Waals surface area contributed by atoms with Gasteiger partial charge in [0.2, 0.25) is 0 Å². The van der Waals surface area contributed by atoms with Gasteiger partial charge in [0.15, 0.2) is 0 Å². The lowest BCUT2D eigenvalue weighted by atomic mass is 10.3. The van der Waals surface area contributed by atoms with Gasteiger partial charge < -0.3 is 9.84 Å². The molecule has 0 saturated carbocycles. The third-order valence-corrected chi connectivity index (χ3v) is 1.38. The monoisotopic (exact) mass is 128 g/mol. The molecule has 0 aliphatic carbocycles. The molecule has 1 rings (SSSR count). The molecule has 0 spiro atoms. The van der Waals surface area contributed by atoms with Gasteiger partial charge in [-0.1, -0.05) is 12.2 Å². The summed E-state index contributed by atoms with van der Waals surface area (Å²) in [6.07, 6.45) is 6.09.